The SMILES string of the molecule is CCOC(=O)Cn1c(=NC(=O)c2ccc(OC)c(OC)c2)sc2cc(Cl)cc(Cl)c21. The molecular formula is C20H18Cl2N2O5S. The molecule has 0 spiro atoms. The smallest absolute Gasteiger partial charge is 0.326 e. The number of nitrogens with zero attached hydrogens (tertiary/aromatic N) is 2. The van der Waals surface area contributed by atoms with Crippen LogP contribution >= 0.6 is 34.5 Å². The third kappa shape index (κ3) is 4.61. The van der Waals surface area contributed by atoms with Gasteiger partial charge in [-0.1, -0.05) is 34.5 Å². The Labute approximate surface area is 186 Å². The van der Waals surface area contributed by atoms with Crippen LogP contribution in [-0.4, -0.2) is 37.3 Å². The zero-order chi connectivity index (χ0) is 21.8. The Kier molecular flexibility index (Phi) is 7.02. The molecule has 0 atom stereocenters. The van der Waals surface area contributed by atoms with Crippen LogP contribution in [0.25, 0.3) is 10.2 Å². The van der Waals surface area contributed by atoms with Crippen molar-refractivity contribution in [3.8, 4) is 11.5 Å². The molecule has 0 aliphatic rings. The van der Waals surface area contributed by atoms with Crippen molar-refractivity contribution in [1.82, 2.24) is 4.57 Å². The van der Waals surface area contributed by atoms with E-state index >= 15 is 0 Å². The Bertz CT molecular complexity index is 1190. The molecule has 0 bridgehead atoms. The fourth-order valence-corrected chi connectivity index (χ4v) is 4.63. The maximum atomic E-state index is 12.8. The molecule has 0 aliphatic heterocycles. The fraction of sp³-hybridized carbons (Fsp3) is 0.250. The van der Waals surface area contributed by atoms with E-state index in [0.717, 1.165) is 0 Å². The van der Waals surface area contributed by atoms with E-state index in [-0.39, 0.29) is 13.2 Å². The van der Waals surface area contributed by atoms with Gasteiger partial charge in [-0.15, -0.1) is 0 Å². The maximum Gasteiger partial charge on any atom is 0.326 e. The number of carbonyl (C=O) groups excluding carboxylic acids is 2. The van der Waals surface area contributed by atoms with Gasteiger partial charge in [-0.25, -0.2) is 0 Å². The van der Waals surface area contributed by atoms with Crippen LogP contribution in [0.2, 0.25) is 10.0 Å². The molecule has 0 radical (unpaired) electrons. The number of ether oxygens (including phenoxy) is 3. The summed E-state index contributed by atoms with van der Waals surface area (Å²) in [5.74, 6) is -0.0793. The summed E-state index contributed by atoms with van der Waals surface area (Å²) in [7, 11) is 2.99. The third-order valence-corrected chi connectivity index (χ3v) is 5.65. The highest BCUT2D eigenvalue weighted by molar-refractivity contribution is 7.16. The number of hydrogen-bond acceptors (Lipinski definition) is 6. The van der Waals surface area contributed by atoms with Crippen LogP contribution in [0, 0.1) is 0 Å². The van der Waals surface area contributed by atoms with Crippen LogP contribution in [0.4, 0.5) is 0 Å². The Hall–Kier alpha value is -2.55. The quantitative estimate of drug-likeness (QED) is 0.503. The monoisotopic (exact) mass is 468 g/mol. The summed E-state index contributed by atoms with van der Waals surface area (Å²) in [6.45, 7) is 1.80. The molecule has 3 rings (SSSR count). The molecule has 10 heteroatoms. The highest BCUT2D eigenvalue weighted by Crippen LogP contribution is 2.30. The van der Waals surface area contributed by atoms with Crippen molar-refractivity contribution in [2.24, 2.45) is 4.99 Å². The summed E-state index contributed by atoms with van der Waals surface area (Å²) in [6, 6.07) is 8.02. The molecule has 0 fully saturated rings. The van der Waals surface area contributed by atoms with Crippen LogP contribution in [0.1, 0.15) is 17.3 Å². The molecule has 0 N–H and O–H groups in total. The number of halogens is 2. The molecule has 1 aromatic heterocycles. The Balaban J connectivity index is 2.14. The van der Waals surface area contributed by atoms with Crippen molar-refractivity contribution in [2.75, 3.05) is 20.8 Å². The number of carbonyl (C=O) groups is 2. The molecule has 0 aliphatic carbocycles. The Morgan fingerprint density at radius 3 is 2.50 bits per heavy atom. The number of fused-ring (bicyclic) bond motifs is 1. The van der Waals surface area contributed by atoms with E-state index in [1.807, 2.05) is 0 Å². The Morgan fingerprint density at radius 2 is 1.83 bits per heavy atom. The van der Waals surface area contributed by atoms with Gasteiger partial charge in [0, 0.05) is 10.6 Å². The second kappa shape index (κ2) is 9.51. The minimum atomic E-state index is -0.512. The van der Waals surface area contributed by atoms with Gasteiger partial charge in [0.05, 0.1) is 36.1 Å². The number of thiazole rings is 1. The van der Waals surface area contributed by atoms with Gasteiger partial charge in [-0.05, 0) is 37.3 Å². The predicted octanol–water partition coefficient (Wildman–Crippen LogP) is 4.33. The van der Waals surface area contributed by atoms with Crippen molar-refractivity contribution < 1.29 is 23.8 Å². The maximum absolute atomic E-state index is 12.8. The van der Waals surface area contributed by atoms with Crippen LogP contribution in [-0.2, 0) is 16.1 Å². The van der Waals surface area contributed by atoms with Gasteiger partial charge in [0.2, 0.25) is 0 Å². The molecule has 0 saturated heterocycles. The van der Waals surface area contributed by atoms with Crippen molar-refractivity contribution >= 4 is 56.6 Å². The van der Waals surface area contributed by atoms with Gasteiger partial charge >= 0.3 is 5.97 Å². The number of amides is 1. The topological polar surface area (TPSA) is 79.1 Å². The van der Waals surface area contributed by atoms with Crippen LogP contribution in [0.3, 0.4) is 0 Å². The van der Waals surface area contributed by atoms with Crippen molar-refractivity contribution in [3.05, 3.63) is 50.7 Å². The summed E-state index contributed by atoms with van der Waals surface area (Å²) < 4.78 is 17.7. The number of rotatable bonds is 6. The molecule has 2 aromatic carbocycles. The first-order valence-corrected chi connectivity index (χ1v) is 10.4. The van der Waals surface area contributed by atoms with Gasteiger partial charge in [-0.2, -0.15) is 4.99 Å². The first-order valence-electron chi connectivity index (χ1n) is 8.83. The average Bonchev–Trinajstić information content (AvgIpc) is 3.04. The minimum Gasteiger partial charge on any atom is -0.493 e. The zero-order valence-corrected chi connectivity index (χ0v) is 18.7. The molecule has 1 amide bonds. The summed E-state index contributed by atoms with van der Waals surface area (Å²) in [6.07, 6.45) is 0. The minimum absolute atomic E-state index is 0.146. The summed E-state index contributed by atoms with van der Waals surface area (Å²) >= 11 is 13.7. The van der Waals surface area contributed by atoms with Gasteiger partial charge in [0.15, 0.2) is 16.3 Å². The van der Waals surface area contributed by atoms with E-state index in [1.165, 1.54) is 31.6 Å². The van der Waals surface area contributed by atoms with E-state index in [2.05, 4.69) is 4.99 Å². The highest BCUT2D eigenvalue weighted by Gasteiger charge is 2.17. The van der Waals surface area contributed by atoms with E-state index in [4.69, 9.17) is 37.4 Å². The number of benzene rings is 2. The van der Waals surface area contributed by atoms with Crippen LogP contribution in [0.5, 0.6) is 11.5 Å². The lowest BCUT2D eigenvalue weighted by atomic mass is 10.2. The van der Waals surface area contributed by atoms with Gasteiger partial charge in [0.1, 0.15) is 6.54 Å². The van der Waals surface area contributed by atoms with Crippen molar-refractivity contribution in [2.45, 2.75) is 13.5 Å². The first-order chi connectivity index (χ1) is 14.4. The summed E-state index contributed by atoms with van der Waals surface area (Å²) in [4.78, 5) is 29.5. The van der Waals surface area contributed by atoms with Crippen LogP contribution in [0.15, 0.2) is 35.3 Å². The number of methoxy groups -OCH3 is 2. The van der Waals surface area contributed by atoms with E-state index in [9.17, 15) is 9.59 Å². The fourth-order valence-electron chi connectivity index (χ4n) is 2.82. The molecule has 158 valence electrons. The van der Waals surface area contributed by atoms with E-state index in [1.54, 1.807) is 35.8 Å². The second-order valence-electron chi connectivity index (χ2n) is 6.00. The van der Waals surface area contributed by atoms with Gasteiger partial charge in [0.25, 0.3) is 5.91 Å². The Morgan fingerprint density at radius 1 is 1.10 bits per heavy atom. The molecule has 0 saturated carbocycles. The summed E-state index contributed by atoms with van der Waals surface area (Å²) in [5.41, 5.74) is 0.856. The number of hydrogen-bond donors (Lipinski definition) is 0. The molecule has 0 unspecified atom stereocenters. The van der Waals surface area contributed by atoms with E-state index < -0.39 is 11.9 Å². The molecule has 3 aromatic rings. The lowest BCUT2D eigenvalue weighted by Gasteiger charge is -2.08. The van der Waals surface area contributed by atoms with Crippen molar-refractivity contribution in [3.63, 3.8) is 0 Å². The average molecular weight is 469 g/mol. The predicted molar refractivity (Wildman–Crippen MR) is 116 cm³/mol. The standard InChI is InChI=1S/C20H18Cl2N2O5S/c1-4-29-17(25)10-24-18-13(22)8-12(21)9-16(18)30-20(24)23-19(26)11-5-6-14(27-2)15(7-11)28-3/h5-9H,4,10H2,1-3H3. The largest absolute Gasteiger partial charge is 0.493 e. The van der Waals surface area contributed by atoms with Crippen molar-refractivity contribution in [1.29, 1.82) is 0 Å². The molecule has 7 nitrogen and oxygen atoms in total. The van der Waals surface area contributed by atoms with E-state index in [0.29, 0.717) is 42.1 Å². The number of aromatic nitrogens is 1. The third-order valence-electron chi connectivity index (χ3n) is 4.12. The normalized spacial score (nSPS) is 11.6. The molecule has 1 heterocycles. The molecule has 30 heavy (non-hydrogen) atoms. The highest BCUT2D eigenvalue weighted by atomic mass is 35.5. The van der Waals surface area contributed by atoms with Gasteiger partial charge in [-0.3, -0.25) is 9.59 Å². The molecular weight excluding hydrogens is 451 g/mol. The first kappa shape index (κ1) is 22.1. The van der Waals surface area contributed by atoms with Gasteiger partial charge < -0.3 is 18.8 Å². The summed E-state index contributed by atoms with van der Waals surface area (Å²) in [5, 5.41) is 0.785. The van der Waals surface area contributed by atoms with Crippen LogP contribution < -0.4 is 14.3 Å². The number of esters is 1. The lowest BCUT2D eigenvalue weighted by Crippen LogP contribution is -2.23. The zero-order valence-electron chi connectivity index (χ0n) is 16.4. The second-order valence-corrected chi connectivity index (χ2v) is 7.85. The lowest BCUT2D eigenvalue weighted by molar-refractivity contribution is -0.143.